The van der Waals surface area contributed by atoms with Gasteiger partial charge in [0.1, 0.15) is 5.75 Å². The fraction of sp³-hybridized carbons (Fsp3) is 0.200. The Labute approximate surface area is 107 Å². The minimum atomic E-state index is 0.834. The van der Waals surface area contributed by atoms with E-state index in [1.165, 1.54) is 16.8 Å². The van der Waals surface area contributed by atoms with E-state index in [4.69, 9.17) is 10.5 Å². The molecule has 0 radical (unpaired) electrons. The Bertz CT molecular complexity index is 580. The monoisotopic (exact) mass is 240 g/mol. The quantitative estimate of drug-likeness (QED) is 0.820. The van der Waals surface area contributed by atoms with Crippen molar-refractivity contribution in [2.75, 3.05) is 17.7 Å². The van der Waals surface area contributed by atoms with Gasteiger partial charge in [-0.05, 0) is 35.4 Å². The summed E-state index contributed by atoms with van der Waals surface area (Å²) in [4.78, 5) is 2.33. The average molecular weight is 240 g/mol. The lowest BCUT2D eigenvalue weighted by Gasteiger charge is -2.18. The molecule has 1 heterocycles. The molecule has 92 valence electrons. The van der Waals surface area contributed by atoms with Crippen molar-refractivity contribution in [3.05, 3.63) is 53.6 Å². The van der Waals surface area contributed by atoms with Crippen LogP contribution < -0.4 is 15.4 Å². The van der Waals surface area contributed by atoms with Crippen LogP contribution in [0.1, 0.15) is 11.1 Å². The van der Waals surface area contributed by atoms with Gasteiger partial charge in [-0.2, -0.15) is 0 Å². The molecule has 0 spiro atoms. The Morgan fingerprint density at radius 3 is 2.72 bits per heavy atom. The van der Waals surface area contributed by atoms with Gasteiger partial charge in [-0.3, -0.25) is 0 Å². The zero-order valence-corrected chi connectivity index (χ0v) is 10.4. The van der Waals surface area contributed by atoms with Crippen molar-refractivity contribution in [3.63, 3.8) is 0 Å². The molecular formula is C15H16N2O. The molecule has 0 amide bonds. The van der Waals surface area contributed by atoms with Crippen LogP contribution >= 0.6 is 0 Å². The predicted molar refractivity (Wildman–Crippen MR) is 73.7 cm³/mol. The van der Waals surface area contributed by atoms with Crippen molar-refractivity contribution in [1.82, 2.24) is 0 Å². The van der Waals surface area contributed by atoms with Gasteiger partial charge in [-0.1, -0.05) is 12.1 Å². The van der Waals surface area contributed by atoms with Crippen LogP contribution in [0.3, 0.4) is 0 Å². The van der Waals surface area contributed by atoms with Crippen molar-refractivity contribution >= 4 is 11.4 Å². The van der Waals surface area contributed by atoms with Crippen LogP contribution in [0, 0.1) is 0 Å². The van der Waals surface area contributed by atoms with E-state index in [2.05, 4.69) is 29.2 Å². The summed E-state index contributed by atoms with van der Waals surface area (Å²) < 4.78 is 5.26. The molecule has 0 unspecified atom stereocenters. The molecule has 0 bridgehead atoms. The highest BCUT2D eigenvalue weighted by atomic mass is 16.5. The van der Waals surface area contributed by atoms with E-state index in [9.17, 15) is 0 Å². The number of hydrogen-bond acceptors (Lipinski definition) is 3. The number of nitrogens with zero attached hydrogens (tertiary/aromatic N) is 1. The number of rotatable bonds is 2. The highest BCUT2D eigenvalue weighted by Gasteiger charge is 2.19. The van der Waals surface area contributed by atoms with Crippen LogP contribution in [0.25, 0.3) is 0 Å². The SMILES string of the molecule is COc1cccc(N2Cc3ccc(N)cc3C2)c1. The van der Waals surface area contributed by atoms with Gasteiger partial charge in [-0.15, -0.1) is 0 Å². The highest BCUT2D eigenvalue weighted by molar-refractivity contribution is 5.56. The van der Waals surface area contributed by atoms with Crippen molar-refractivity contribution in [1.29, 1.82) is 0 Å². The van der Waals surface area contributed by atoms with Crippen molar-refractivity contribution in [2.45, 2.75) is 13.1 Å². The molecule has 0 saturated heterocycles. The summed E-state index contributed by atoms with van der Waals surface area (Å²) in [5, 5.41) is 0. The van der Waals surface area contributed by atoms with Crippen LogP contribution in [0.4, 0.5) is 11.4 Å². The number of methoxy groups -OCH3 is 1. The molecule has 1 aliphatic heterocycles. The van der Waals surface area contributed by atoms with E-state index in [0.717, 1.165) is 24.5 Å². The van der Waals surface area contributed by atoms with Gasteiger partial charge < -0.3 is 15.4 Å². The Balaban J connectivity index is 1.88. The van der Waals surface area contributed by atoms with E-state index >= 15 is 0 Å². The molecule has 0 aromatic heterocycles. The fourth-order valence-electron chi connectivity index (χ4n) is 2.40. The van der Waals surface area contributed by atoms with Crippen LogP contribution in [0.2, 0.25) is 0 Å². The number of fused-ring (bicyclic) bond motifs is 1. The minimum absolute atomic E-state index is 0.834. The molecule has 0 aliphatic carbocycles. The largest absolute Gasteiger partial charge is 0.497 e. The van der Waals surface area contributed by atoms with Gasteiger partial charge >= 0.3 is 0 Å². The number of anilines is 2. The van der Waals surface area contributed by atoms with Crippen molar-refractivity contribution < 1.29 is 4.74 Å². The van der Waals surface area contributed by atoms with Gasteiger partial charge in [-0.25, -0.2) is 0 Å². The standard InChI is InChI=1S/C15H16N2O/c1-18-15-4-2-3-14(8-15)17-9-11-5-6-13(16)7-12(11)10-17/h2-8H,9-10,16H2,1H3. The van der Waals surface area contributed by atoms with Gasteiger partial charge in [0.25, 0.3) is 0 Å². The van der Waals surface area contributed by atoms with Crippen LogP contribution in [0.5, 0.6) is 5.75 Å². The molecule has 2 N–H and O–H groups in total. The number of benzene rings is 2. The lowest BCUT2D eigenvalue weighted by atomic mass is 10.1. The number of ether oxygens (including phenoxy) is 1. The van der Waals surface area contributed by atoms with Crippen molar-refractivity contribution in [2.24, 2.45) is 0 Å². The van der Waals surface area contributed by atoms with Crippen molar-refractivity contribution in [3.8, 4) is 5.75 Å². The molecule has 2 aromatic rings. The first-order valence-electron chi connectivity index (χ1n) is 6.02. The third-order valence-electron chi connectivity index (χ3n) is 3.37. The smallest absolute Gasteiger partial charge is 0.120 e. The lowest BCUT2D eigenvalue weighted by Crippen LogP contribution is -2.14. The summed E-state index contributed by atoms with van der Waals surface area (Å²) in [6, 6.07) is 14.3. The number of nitrogens with two attached hydrogens (primary N) is 1. The second-order valence-corrected chi connectivity index (χ2v) is 4.59. The van der Waals surface area contributed by atoms with Gasteiger partial charge in [0, 0.05) is 30.5 Å². The molecule has 1 aliphatic rings. The van der Waals surface area contributed by atoms with E-state index in [1.807, 2.05) is 18.2 Å². The summed E-state index contributed by atoms with van der Waals surface area (Å²) >= 11 is 0. The van der Waals surface area contributed by atoms with E-state index in [0.29, 0.717) is 0 Å². The minimum Gasteiger partial charge on any atom is -0.497 e. The number of nitrogen functional groups attached to an aromatic ring is 1. The Morgan fingerprint density at radius 2 is 1.89 bits per heavy atom. The molecule has 0 saturated carbocycles. The van der Waals surface area contributed by atoms with Gasteiger partial charge in [0.05, 0.1) is 7.11 Å². The summed E-state index contributed by atoms with van der Waals surface area (Å²) in [5.74, 6) is 0.892. The lowest BCUT2D eigenvalue weighted by molar-refractivity contribution is 0.415. The average Bonchev–Trinajstić information content (AvgIpc) is 2.81. The Hall–Kier alpha value is -2.16. The normalized spacial score (nSPS) is 13.5. The van der Waals surface area contributed by atoms with E-state index in [1.54, 1.807) is 7.11 Å². The second-order valence-electron chi connectivity index (χ2n) is 4.59. The Kier molecular flexibility index (Phi) is 2.59. The molecule has 2 aromatic carbocycles. The van der Waals surface area contributed by atoms with Crippen LogP contribution in [0.15, 0.2) is 42.5 Å². The summed E-state index contributed by atoms with van der Waals surface area (Å²) in [6.07, 6.45) is 0. The summed E-state index contributed by atoms with van der Waals surface area (Å²) in [6.45, 7) is 1.84. The zero-order chi connectivity index (χ0) is 12.5. The summed E-state index contributed by atoms with van der Waals surface area (Å²) in [5.41, 5.74) is 10.5. The van der Waals surface area contributed by atoms with Gasteiger partial charge in [0.15, 0.2) is 0 Å². The first-order chi connectivity index (χ1) is 8.76. The fourth-order valence-corrected chi connectivity index (χ4v) is 2.40. The molecular weight excluding hydrogens is 224 g/mol. The maximum Gasteiger partial charge on any atom is 0.120 e. The summed E-state index contributed by atoms with van der Waals surface area (Å²) in [7, 11) is 1.69. The first kappa shape index (κ1) is 11.0. The second kappa shape index (κ2) is 4.26. The maximum absolute atomic E-state index is 5.82. The Morgan fingerprint density at radius 1 is 1.06 bits per heavy atom. The molecule has 3 nitrogen and oxygen atoms in total. The van der Waals surface area contributed by atoms with Crippen LogP contribution in [-0.2, 0) is 13.1 Å². The molecule has 0 atom stereocenters. The molecule has 3 heteroatoms. The molecule has 0 fully saturated rings. The van der Waals surface area contributed by atoms with Gasteiger partial charge in [0.2, 0.25) is 0 Å². The topological polar surface area (TPSA) is 38.5 Å². The van der Waals surface area contributed by atoms with E-state index in [-0.39, 0.29) is 0 Å². The third kappa shape index (κ3) is 1.88. The third-order valence-corrected chi connectivity index (χ3v) is 3.37. The maximum atomic E-state index is 5.82. The molecule has 3 rings (SSSR count). The highest BCUT2D eigenvalue weighted by Crippen LogP contribution is 2.31. The van der Waals surface area contributed by atoms with Crippen LogP contribution in [-0.4, -0.2) is 7.11 Å². The van der Waals surface area contributed by atoms with E-state index < -0.39 is 0 Å². The number of hydrogen-bond donors (Lipinski definition) is 1. The predicted octanol–water partition coefficient (Wildman–Crippen LogP) is 2.80. The molecule has 18 heavy (non-hydrogen) atoms. The zero-order valence-electron chi connectivity index (χ0n) is 10.4. The first-order valence-corrected chi connectivity index (χ1v) is 6.02.